The second-order valence-corrected chi connectivity index (χ2v) is 3.56. The van der Waals surface area contributed by atoms with Crippen LogP contribution in [0.3, 0.4) is 0 Å². The van der Waals surface area contributed by atoms with E-state index in [1.165, 1.54) is 37.9 Å². The zero-order chi connectivity index (χ0) is 6.97. The molecule has 2 atom stereocenters. The van der Waals surface area contributed by atoms with Gasteiger partial charge in [-0.25, -0.2) is 0 Å². The maximum absolute atomic E-state index is 4.10. The lowest BCUT2D eigenvalue weighted by molar-refractivity contribution is 0.320. The fourth-order valence-electron chi connectivity index (χ4n) is 2.29. The zero-order valence-electron chi connectivity index (χ0n) is 6.40. The van der Waals surface area contributed by atoms with Gasteiger partial charge in [0.25, 0.3) is 0 Å². The molecule has 0 radical (unpaired) electrons. The number of piperidine rings is 1. The van der Waals surface area contributed by atoms with Gasteiger partial charge in [-0.2, -0.15) is 0 Å². The van der Waals surface area contributed by atoms with Crippen molar-refractivity contribution < 1.29 is 0 Å². The minimum Gasteiger partial charge on any atom is -0.316 e. The highest BCUT2D eigenvalue weighted by molar-refractivity contribution is 5.10. The van der Waals surface area contributed by atoms with Crippen LogP contribution in [0.25, 0.3) is 0 Å². The van der Waals surface area contributed by atoms with Gasteiger partial charge in [-0.15, -0.1) is 0 Å². The van der Waals surface area contributed by atoms with Gasteiger partial charge in [-0.1, -0.05) is 12.2 Å². The Morgan fingerprint density at radius 2 is 2.30 bits per heavy atom. The zero-order valence-corrected chi connectivity index (χ0v) is 6.40. The quantitative estimate of drug-likeness (QED) is 0.500. The molecule has 1 aliphatic carbocycles. The maximum atomic E-state index is 4.10. The molecule has 0 aromatic rings. The van der Waals surface area contributed by atoms with Gasteiger partial charge in [-0.3, -0.25) is 0 Å². The van der Waals surface area contributed by atoms with Crippen LogP contribution in [-0.2, 0) is 0 Å². The van der Waals surface area contributed by atoms with E-state index in [0.717, 1.165) is 11.8 Å². The normalized spacial score (nSPS) is 39.8. The molecule has 1 saturated carbocycles. The van der Waals surface area contributed by atoms with Crippen LogP contribution in [0.1, 0.15) is 19.3 Å². The predicted molar refractivity (Wildman–Crippen MR) is 42.8 cm³/mol. The number of hydrogen-bond acceptors (Lipinski definition) is 1. The molecule has 2 aliphatic rings. The van der Waals surface area contributed by atoms with Crippen molar-refractivity contribution in [3.8, 4) is 0 Å². The molecule has 1 saturated heterocycles. The first kappa shape index (κ1) is 6.41. The highest BCUT2D eigenvalue weighted by atomic mass is 14.9. The van der Waals surface area contributed by atoms with Crippen molar-refractivity contribution in [1.29, 1.82) is 0 Å². The lowest BCUT2D eigenvalue weighted by Gasteiger charge is -2.26. The van der Waals surface area contributed by atoms with E-state index >= 15 is 0 Å². The van der Waals surface area contributed by atoms with Gasteiger partial charge >= 0.3 is 0 Å². The second kappa shape index (κ2) is 2.39. The van der Waals surface area contributed by atoms with Crippen LogP contribution in [0.15, 0.2) is 12.2 Å². The summed E-state index contributed by atoms with van der Waals surface area (Å²) in [6.45, 7) is 6.53. The van der Waals surface area contributed by atoms with Crippen molar-refractivity contribution in [2.45, 2.75) is 19.3 Å². The molecule has 1 N–H and O–H groups in total. The van der Waals surface area contributed by atoms with Crippen molar-refractivity contribution in [3.63, 3.8) is 0 Å². The molecular formula is C9H15N. The molecule has 1 heteroatoms. The molecule has 2 rings (SSSR count). The largest absolute Gasteiger partial charge is 0.316 e. The number of hydrogen-bond donors (Lipinski definition) is 1. The fraction of sp³-hybridized carbons (Fsp3) is 0.778. The molecule has 0 aromatic heterocycles. The smallest absolute Gasteiger partial charge is 0.00194 e. The standard InChI is InChI=1S/C9H15N/c1-7-2-3-8-4-5-10-6-9(7)8/h8-10H,1-6H2. The van der Waals surface area contributed by atoms with Gasteiger partial charge in [0.15, 0.2) is 0 Å². The van der Waals surface area contributed by atoms with Gasteiger partial charge < -0.3 is 5.32 Å². The molecule has 1 heterocycles. The number of fused-ring (bicyclic) bond motifs is 1. The van der Waals surface area contributed by atoms with E-state index < -0.39 is 0 Å². The Morgan fingerprint density at radius 1 is 1.40 bits per heavy atom. The van der Waals surface area contributed by atoms with E-state index in [1.54, 1.807) is 0 Å². The summed E-state index contributed by atoms with van der Waals surface area (Å²) >= 11 is 0. The molecule has 0 aromatic carbocycles. The molecule has 56 valence electrons. The van der Waals surface area contributed by atoms with Gasteiger partial charge in [0.2, 0.25) is 0 Å². The van der Waals surface area contributed by atoms with Crippen molar-refractivity contribution >= 4 is 0 Å². The van der Waals surface area contributed by atoms with Crippen molar-refractivity contribution in [3.05, 3.63) is 12.2 Å². The van der Waals surface area contributed by atoms with Crippen molar-refractivity contribution in [2.75, 3.05) is 13.1 Å². The molecule has 10 heavy (non-hydrogen) atoms. The van der Waals surface area contributed by atoms with Gasteiger partial charge in [0.05, 0.1) is 0 Å². The summed E-state index contributed by atoms with van der Waals surface area (Å²) < 4.78 is 0. The monoisotopic (exact) mass is 137 g/mol. The average molecular weight is 137 g/mol. The van der Waals surface area contributed by atoms with Gasteiger partial charge in [0.1, 0.15) is 0 Å². The first-order valence-electron chi connectivity index (χ1n) is 4.26. The molecule has 2 unspecified atom stereocenters. The van der Waals surface area contributed by atoms with E-state index in [9.17, 15) is 0 Å². The Hall–Kier alpha value is -0.300. The molecule has 0 spiro atoms. The highest BCUT2D eigenvalue weighted by Gasteiger charge is 2.31. The van der Waals surface area contributed by atoms with Crippen LogP contribution in [-0.4, -0.2) is 13.1 Å². The fourth-order valence-corrected chi connectivity index (χ4v) is 2.29. The van der Waals surface area contributed by atoms with E-state index in [0.29, 0.717) is 0 Å². The third kappa shape index (κ3) is 0.891. The highest BCUT2D eigenvalue weighted by Crippen LogP contribution is 2.38. The average Bonchev–Trinajstić information content (AvgIpc) is 2.34. The molecule has 0 bridgehead atoms. The van der Waals surface area contributed by atoms with Crippen LogP contribution >= 0.6 is 0 Å². The maximum Gasteiger partial charge on any atom is 0.00194 e. The molecule has 1 nitrogen and oxygen atoms in total. The summed E-state index contributed by atoms with van der Waals surface area (Å²) in [6.07, 6.45) is 4.08. The summed E-state index contributed by atoms with van der Waals surface area (Å²) in [4.78, 5) is 0. The predicted octanol–water partition coefficient (Wildman–Crippen LogP) is 1.56. The minimum absolute atomic E-state index is 0.828. The summed E-state index contributed by atoms with van der Waals surface area (Å²) in [5.41, 5.74) is 1.50. The van der Waals surface area contributed by atoms with E-state index in [-0.39, 0.29) is 0 Å². The van der Waals surface area contributed by atoms with Crippen molar-refractivity contribution in [2.24, 2.45) is 11.8 Å². The number of nitrogens with one attached hydrogen (secondary N) is 1. The second-order valence-electron chi connectivity index (χ2n) is 3.56. The SMILES string of the molecule is C=C1CCC2CCNCC12. The van der Waals surface area contributed by atoms with Crippen LogP contribution in [0, 0.1) is 11.8 Å². The molecule has 2 fully saturated rings. The Labute approximate surface area is 62.5 Å². The van der Waals surface area contributed by atoms with Crippen LogP contribution in [0.4, 0.5) is 0 Å². The van der Waals surface area contributed by atoms with Gasteiger partial charge in [0, 0.05) is 6.54 Å². The summed E-state index contributed by atoms with van der Waals surface area (Å²) in [5.74, 6) is 1.81. The third-order valence-electron chi connectivity index (χ3n) is 2.99. The number of rotatable bonds is 0. The first-order chi connectivity index (χ1) is 4.88. The van der Waals surface area contributed by atoms with Crippen LogP contribution < -0.4 is 5.32 Å². The molecular weight excluding hydrogens is 122 g/mol. The van der Waals surface area contributed by atoms with Gasteiger partial charge in [-0.05, 0) is 37.6 Å². The molecule has 0 amide bonds. The van der Waals surface area contributed by atoms with Crippen LogP contribution in [0.5, 0.6) is 0 Å². The van der Waals surface area contributed by atoms with E-state index in [4.69, 9.17) is 0 Å². The lowest BCUT2D eigenvalue weighted by atomic mass is 9.88. The summed E-state index contributed by atoms with van der Waals surface area (Å²) in [6, 6.07) is 0. The third-order valence-corrected chi connectivity index (χ3v) is 2.99. The Kier molecular flexibility index (Phi) is 1.53. The minimum atomic E-state index is 0.828. The summed E-state index contributed by atoms with van der Waals surface area (Å²) in [7, 11) is 0. The Morgan fingerprint density at radius 3 is 3.10 bits per heavy atom. The first-order valence-corrected chi connectivity index (χ1v) is 4.26. The van der Waals surface area contributed by atoms with E-state index in [2.05, 4.69) is 11.9 Å². The topological polar surface area (TPSA) is 12.0 Å². The van der Waals surface area contributed by atoms with Crippen molar-refractivity contribution in [1.82, 2.24) is 5.32 Å². The van der Waals surface area contributed by atoms with E-state index in [1.807, 2.05) is 0 Å². The lowest BCUT2D eigenvalue weighted by Crippen LogP contribution is -2.34. The van der Waals surface area contributed by atoms with Crippen LogP contribution in [0.2, 0.25) is 0 Å². The Bertz CT molecular complexity index is 151. The summed E-state index contributed by atoms with van der Waals surface area (Å²) in [5, 5.41) is 3.43. The molecule has 1 aliphatic heterocycles. The Balaban J connectivity index is 2.08.